The van der Waals surface area contributed by atoms with Crippen molar-refractivity contribution in [3.05, 3.63) is 37.0 Å². The van der Waals surface area contributed by atoms with Crippen LogP contribution in [0.15, 0.2) is 37.0 Å². The molecule has 12 heteroatoms. The molecule has 0 aromatic carbocycles. The monoisotopic (exact) mass is 770 g/mol. The van der Waals surface area contributed by atoms with Crippen molar-refractivity contribution in [2.45, 2.75) is 194 Å². The van der Waals surface area contributed by atoms with E-state index < -0.39 is 11.9 Å². The Labute approximate surface area is 325 Å². The highest BCUT2D eigenvalue weighted by atomic mass is 16.8. The summed E-state index contributed by atoms with van der Waals surface area (Å²) in [7, 11) is 1.68. The standard InChI is InChI=1S/C43H62O12/c1-6-13-47-29(21-44)18-35-37(46-5)30-17-25(45)16-27-8-10-32-38(50-27)42-41-40(52-32)39-36(53-41)20-43(54-39,55-42)12-11-28-15-23(3)31(48-28)9-7-26-14-22(2)24(4)33(49-26)19-34(30)51-35/h6,22,26-42,44H,1,3-4,7-21H2,2,5H3/t22-,26+,27-,28+,29+,30+,31+,32+,33-,34+,35-,36-,37-,38+,39+,40+,41-,42+,43+/m1/s1. The summed E-state index contributed by atoms with van der Waals surface area (Å²) < 4.78 is 66.3. The van der Waals surface area contributed by atoms with E-state index >= 15 is 0 Å². The van der Waals surface area contributed by atoms with Crippen LogP contribution in [0.5, 0.6) is 0 Å². The van der Waals surface area contributed by atoms with E-state index in [4.69, 9.17) is 47.4 Å². The highest BCUT2D eigenvalue weighted by Crippen LogP contribution is 2.54. The lowest BCUT2D eigenvalue weighted by Crippen LogP contribution is -2.61. The first-order chi connectivity index (χ1) is 26.6. The number of carbonyl (C=O) groups is 1. The first-order valence-electron chi connectivity index (χ1n) is 21.2. The Hall–Kier alpha value is -1.55. The maximum Gasteiger partial charge on any atom is 0.172 e. The van der Waals surface area contributed by atoms with E-state index in [-0.39, 0.29) is 129 Å². The summed E-state index contributed by atoms with van der Waals surface area (Å²) in [4.78, 5) is 14.2. The Morgan fingerprint density at radius 3 is 2.40 bits per heavy atom. The topological polar surface area (TPSA) is 130 Å². The van der Waals surface area contributed by atoms with Gasteiger partial charge in [-0.1, -0.05) is 26.2 Å². The summed E-state index contributed by atoms with van der Waals surface area (Å²) in [5.74, 6) is -0.636. The van der Waals surface area contributed by atoms with Gasteiger partial charge in [-0.05, 0) is 62.0 Å². The van der Waals surface area contributed by atoms with Crippen molar-refractivity contribution in [2.24, 2.45) is 11.8 Å². The van der Waals surface area contributed by atoms with Gasteiger partial charge in [0.2, 0.25) is 0 Å². The van der Waals surface area contributed by atoms with Gasteiger partial charge >= 0.3 is 0 Å². The van der Waals surface area contributed by atoms with Gasteiger partial charge in [0.25, 0.3) is 0 Å². The first kappa shape index (κ1) is 38.9. The van der Waals surface area contributed by atoms with Crippen LogP contribution in [-0.4, -0.2) is 135 Å². The lowest BCUT2D eigenvalue weighted by Gasteiger charge is -2.47. The lowest BCUT2D eigenvalue weighted by atomic mass is 9.81. The molecule has 10 fully saturated rings. The van der Waals surface area contributed by atoms with Crippen LogP contribution in [0.3, 0.4) is 0 Å². The largest absolute Gasteiger partial charge is 0.394 e. The van der Waals surface area contributed by atoms with Crippen molar-refractivity contribution in [2.75, 3.05) is 20.3 Å². The minimum absolute atomic E-state index is 0.0215. The summed E-state index contributed by atoms with van der Waals surface area (Å²) in [5, 5.41) is 10.2. The zero-order chi connectivity index (χ0) is 38.0. The third kappa shape index (κ3) is 7.50. The van der Waals surface area contributed by atoms with Gasteiger partial charge in [-0.2, -0.15) is 0 Å². The molecule has 10 aliphatic heterocycles. The van der Waals surface area contributed by atoms with Crippen LogP contribution in [-0.2, 0) is 52.2 Å². The second-order valence-corrected chi connectivity index (χ2v) is 18.0. The van der Waals surface area contributed by atoms with Crippen LogP contribution in [0.4, 0.5) is 0 Å². The highest BCUT2D eigenvalue weighted by Gasteiger charge is 2.68. The van der Waals surface area contributed by atoms with E-state index in [0.29, 0.717) is 32.3 Å². The van der Waals surface area contributed by atoms with Crippen LogP contribution in [0, 0.1) is 11.8 Å². The predicted molar refractivity (Wildman–Crippen MR) is 198 cm³/mol. The van der Waals surface area contributed by atoms with Crippen LogP contribution >= 0.6 is 0 Å². The zero-order valence-corrected chi connectivity index (χ0v) is 32.6. The fourth-order valence-electron chi connectivity index (χ4n) is 11.6. The predicted octanol–water partition coefficient (Wildman–Crippen LogP) is 4.68. The van der Waals surface area contributed by atoms with Crippen LogP contribution in [0.25, 0.3) is 0 Å². The molecule has 0 aromatic rings. The Kier molecular flexibility index (Phi) is 11.3. The molecule has 0 radical (unpaired) electrons. The molecule has 1 N–H and O–H groups in total. The highest BCUT2D eigenvalue weighted by molar-refractivity contribution is 5.79. The number of rotatable bonds is 7. The van der Waals surface area contributed by atoms with Gasteiger partial charge in [0.15, 0.2) is 5.79 Å². The molecule has 306 valence electrons. The molecule has 12 nitrogen and oxygen atoms in total. The maximum atomic E-state index is 14.2. The van der Waals surface area contributed by atoms with Gasteiger partial charge in [0.05, 0.1) is 80.4 Å². The average Bonchev–Trinajstić information content (AvgIpc) is 3.85. The number of hydrogen-bond acceptors (Lipinski definition) is 12. The minimum Gasteiger partial charge on any atom is -0.394 e. The van der Waals surface area contributed by atoms with E-state index in [9.17, 15) is 9.90 Å². The molecule has 0 amide bonds. The maximum absolute atomic E-state index is 14.2. The van der Waals surface area contributed by atoms with Crippen molar-refractivity contribution in [1.82, 2.24) is 0 Å². The van der Waals surface area contributed by atoms with E-state index in [1.807, 2.05) is 0 Å². The number of carbonyl (C=O) groups excluding carboxylic acids is 1. The van der Waals surface area contributed by atoms with Crippen LogP contribution in [0.2, 0.25) is 0 Å². The first-order valence-corrected chi connectivity index (χ1v) is 21.2. The molecule has 55 heavy (non-hydrogen) atoms. The van der Waals surface area contributed by atoms with Gasteiger partial charge < -0.3 is 52.5 Å². The molecule has 10 heterocycles. The normalized spacial score (nSPS) is 50.1. The summed E-state index contributed by atoms with van der Waals surface area (Å²) in [6.07, 6.45) is 6.79. The third-order valence-corrected chi connectivity index (χ3v) is 14.3. The van der Waals surface area contributed by atoms with Crippen LogP contribution in [0.1, 0.15) is 90.4 Å². The molecule has 10 rings (SSSR count). The summed E-state index contributed by atoms with van der Waals surface area (Å²) in [5.41, 5.74) is 2.20. The smallest absolute Gasteiger partial charge is 0.172 e. The van der Waals surface area contributed by atoms with Crippen molar-refractivity contribution < 1.29 is 57.3 Å². The van der Waals surface area contributed by atoms with E-state index in [1.165, 1.54) is 0 Å². The molecule has 0 aliphatic carbocycles. The fourth-order valence-corrected chi connectivity index (χ4v) is 11.6. The van der Waals surface area contributed by atoms with E-state index in [2.05, 4.69) is 26.7 Å². The molecule has 1 spiro atoms. The number of aliphatic hydroxyl groups is 1. The second kappa shape index (κ2) is 15.9. The molecule has 12 bridgehead atoms. The summed E-state index contributed by atoms with van der Waals surface area (Å²) >= 11 is 0. The van der Waals surface area contributed by atoms with Crippen molar-refractivity contribution >= 4 is 5.78 Å². The number of Topliss-reactive ketones (excluding diaryl/α,β-unsaturated/α-hetero) is 1. The number of fused-ring (bicyclic) bond motifs is 6. The van der Waals surface area contributed by atoms with Crippen molar-refractivity contribution in [1.29, 1.82) is 0 Å². The number of ketones is 1. The number of aliphatic hydroxyl groups excluding tert-OH is 1. The number of ether oxygens (including phenoxy) is 10. The number of methoxy groups -OCH3 is 1. The van der Waals surface area contributed by atoms with E-state index in [1.54, 1.807) is 13.2 Å². The van der Waals surface area contributed by atoms with Gasteiger partial charge in [-0.25, -0.2) is 0 Å². The van der Waals surface area contributed by atoms with E-state index in [0.717, 1.165) is 56.1 Å². The van der Waals surface area contributed by atoms with Gasteiger partial charge in [0, 0.05) is 51.6 Å². The minimum atomic E-state index is -0.786. The van der Waals surface area contributed by atoms with Gasteiger partial charge in [-0.15, -0.1) is 6.58 Å². The SMILES string of the molecule is C=CCO[C@H](CO)C[C@H]1O[C@H]2C[C@H]3O[C@@H](CC[C@@H]4O[C@@H](CC[C@@]56C[C@H]7O[C@H]8[C@@H](O5)[C@H]5O[C@H](CC[C@@H]5O[C@H]8[C@H]7O6)CC(=O)C[C@@H]2[C@H]1OC)CC4=C)C[C@@H](C)C3=C. The number of hydrogen-bond donors (Lipinski definition) is 1. The molecule has 10 saturated heterocycles. The summed E-state index contributed by atoms with van der Waals surface area (Å²) in [6.45, 7) is 15.1. The summed E-state index contributed by atoms with van der Waals surface area (Å²) in [6, 6.07) is 0. The molecule has 19 atom stereocenters. The molecule has 0 unspecified atom stereocenters. The second-order valence-electron chi connectivity index (χ2n) is 18.0. The van der Waals surface area contributed by atoms with Gasteiger partial charge in [0.1, 0.15) is 36.3 Å². The third-order valence-electron chi connectivity index (χ3n) is 14.3. The Morgan fingerprint density at radius 1 is 0.818 bits per heavy atom. The molecular formula is C43H62O12. The molecular weight excluding hydrogens is 708 g/mol. The fraction of sp³-hybridized carbons (Fsp3) is 0.837. The molecule has 0 saturated carbocycles. The molecule has 0 aromatic heterocycles. The van der Waals surface area contributed by atoms with Crippen LogP contribution < -0.4 is 0 Å². The Morgan fingerprint density at radius 2 is 1.58 bits per heavy atom. The zero-order valence-electron chi connectivity index (χ0n) is 32.6. The van der Waals surface area contributed by atoms with Gasteiger partial charge in [-0.3, -0.25) is 4.79 Å². The molecule has 10 aliphatic rings. The Bertz CT molecular complexity index is 1450. The lowest BCUT2D eigenvalue weighted by molar-refractivity contribution is -0.292. The van der Waals surface area contributed by atoms with Crippen molar-refractivity contribution in [3.8, 4) is 0 Å². The average molecular weight is 771 g/mol. The Balaban J connectivity index is 0.987. The quantitative estimate of drug-likeness (QED) is 0.361. The van der Waals surface area contributed by atoms with Crippen molar-refractivity contribution in [3.63, 3.8) is 0 Å².